The van der Waals surface area contributed by atoms with E-state index in [1.807, 2.05) is 20.9 Å². The summed E-state index contributed by atoms with van der Waals surface area (Å²) in [6.07, 6.45) is 6.12. The monoisotopic (exact) mass is 251 g/mol. The van der Waals surface area contributed by atoms with E-state index in [1.165, 1.54) is 51.9 Å². The Kier molecular flexibility index (Phi) is 6.67. The van der Waals surface area contributed by atoms with E-state index in [9.17, 15) is 0 Å². The molecule has 1 heterocycles. The van der Waals surface area contributed by atoms with E-state index in [0.717, 1.165) is 12.3 Å². The lowest BCUT2D eigenvalue weighted by Crippen LogP contribution is -2.37. The van der Waals surface area contributed by atoms with Crippen LogP contribution in [0.2, 0.25) is 0 Å². The quantitative estimate of drug-likeness (QED) is 0.707. The Morgan fingerprint density at radius 3 is 2.50 bits per heavy atom. The fourth-order valence-corrected chi connectivity index (χ4v) is 2.66. The van der Waals surface area contributed by atoms with Crippen LogP contribution in [0, 0.1) is 22.7 Å². The van der Waals surface area contributed by atoms with E-state index < -0.39 is 0 Å². The van der Waals surface area contributed by atoms with Gasteiger partial charge in [0.2, 0.25) is 0 Å². The molecule has 0 aromatic heterocycles. The summed E-state index contributed by atoms with van der Waals surface area (Å²) in [5.41, 5.74) is -0.139. The van der Waals surface area contributed by atoms with Gasteiger partial charge >= 0.3 is 0 Å². The maximum Gasteiger partial charge on any atom is 0.0683 e. The zero-order valence-electron chi connectivity index (χ0n) is 12.3. The zero-order chi connectivity index (χ0) is 13.4. The number of piperidine rings is 1. The van der Waals surface area contributed by atoms with E-state index >= 15 is 0 Å². The molecule has 1 N–H and O–H groups in total. The number of hydrogen-bond donors (Lipinski definition) is 1. The first-order chi connectivity index (χ1) is 8.57. The van der Waals surface area contributed by atoms with Crippen LogP contribution >= 0.6 is 0 Å². The van der Waals surface area contributed by atoms with Gasteiger partial charge in [-0.15, -0.1) is 0 Å². The molecule has 18 heavy (non-hydrogen) atoms. The molecule has 0 amide bonds. The number of nitrogens with one attached hydrogen (secondary N) is 1. The van der Waals surface area contributed by atoms with Crippen molar-refractivity contribution in [3.05, 3.63) is 0 Å². The smallest absolute Gasteiger partial charge is 0.0683 e. The fraction of sp³-hybridized carbons (Fsp3) is 0.933. The minimum Gasteiger partial charge on any atom is -0.319 e. The van der Waals surface area contributed by atoms with Crippen LogP contribution in [0.1, 0.15) is 46.0 Å². The molecule has 1 fully saturated rings. The van der Waals surface area contributed by atoms with Crippen molar-refractivity contribution in [1.82, 2.24) is 10.2 Å². The second-order valence-electron chi connectivity index (χ2n) is 6.30. The summed E-state index contributed by atoms with van der Waals surface area (Å²) >= 11 is 0. The molecular formula is C15H29N3. The summed E-state index contributed by atoms with van der Waals surface area (Å²) in [7, 11) is 2.04. The molecular weight excluding hydrogens is 222 g/mol. The summed E-state index contributed by atoms with van der Waals surface area (Å²) in [5.74, 6) is 0.878. The predicted octanol–water partition coefficient (Wildman–Crippen LogP) is 2.64. The highest BCUT2D eigenvalue weighted by Crippen LogP contribution is 2.22. The van der Waals surface area contributed by atoms with E-state index in [4.69, 9.17) is 5.26 Å². The van der Waals surface area contributed by atoms with Crippen LogP contribution in [-0.2, 0) is 0 Å². The van der Waals surface area contributed by atoms with E-state index in [1.54, 1.807) is 0 Å². The van der Waals surface area contributed by atoms with Crippen molar-refractivity contribution in [1.29, 1.82) is 5.26 Å². The van der Waals surface area contributed by atoms with E-state index in [0.29, 0.717) is 0 Å². The maximum absolute atomic E-state index is 8.96. The first-order valence-electron chi connectivity index (χ1n) is 7.35. The average molecular weight is 251 g/mol. The molecule has 1 rings (SSSR count). The molecule has 1 saturated heterocycles. The predicted molar refractivity (Wildman–Crippen MR) is 76.3 cm³/mol. The molecule has 0 saturated carbocycles. The summed E-state index contributed by atoms with van der Waals surface area (Å²) in [6.45, 7) is 8.98. The third-order valence-electron chi connectivity index (χ3n) is 4.03. The Morgan fingerprint density at radius 1 is 1.28 bits per heavy atom. The molecule has 0 spiro atoms. The van der Waals surface area contributed by atoms with Gasteiger partial charge in [0.1, 0.15) is 0 Å². The Morgan fingerprint density at radius 2 is 1.94 bits per heavy atom. The lowest BCUT2D eigenvalue weighted by atomic mass is 9.89. The first kappa shape index (κ1) is 15.5. The lowest BCUT2D eigenvalue weighted by molar-refractivity contribution is 0.179. The zero-order valence-corrected chi connectivity index (χ0v) is 12.3. The lowest BCUT2D eigenvalue weighted by Gasteiger charge is -2.32. The summed E-state index contributed by atoms with van der Waals surface area (Å²) in [6, 6.07) is 2.38. The van der Waals surface area contributed by atoms with Gasteiger partial charge < -0.3 is 10.2 Å². The molecule has 0 bridgehead atoms. The van der Waals surface area contributed by atoms with Crippen LogP contribution in [0.5, 0.6) is 0 Å². The second-order valence-corrected chi connectivity index (χ2v) is 6.30. The topological polar surface area (TPSA) is 39.1 Å². The molecule has 104 valence electrons. The van der Waals surface area contributed by atoms with Crippen LogP contribution in [0.4, 0.5) is 0 Å². The summed E-state index contributed by atoms with van der Waals surface area (Å²) < 4.78 is 0. The van der Waals surface area contributed by atoms with Crippen LogP contribution < -0.4 is 5.32 Å². The molecule has 1 aliphatic heterocycles. The van der Waals surface area contributed by atoms with Gasteiger partial charge in [-0.3, -0.25) is 0 Å². The van der Waals surface area contributed by atoms with Crippen molar-refractivity contribution in [2.75, 3.05) is 33.2 Å². The fourth-order valence-electron chi connectivity index (χ4n) is 2.66. The van der Waals surface area contributed by atoms with Gasteiger partial charge in [-0.1, -0.05) is 6.42 Å². The highest BCUT2D eigenvalue weighted by Gasteiger charge is 2.19. The number of hydrogen-bond acceptors (Lipinski definition) is 3. The van der Waals surface area contributed by atoms with Crippen LogP contribution in [0.15, 0.2) is 0 Å². The number of nitriles is 1. The molecule has 0 atom stereocenters. The minimum atomic E-state index is -0.139. The van der Waals surface area contributed by atoms with Crippen LogP contribution in [-0.4, -0.2) is 38.1 Å². The van der Waals surface area contributed by atoms with Gasteiger partial charge in [-0.2, -0.15) is 5.26 Å². The number of nitrogens with zero attached hydrogens (tertiary/aromatic N) is 2. The third kappa shape index (κ3) is 5.84. The van der Waals surface area contributed by atoms with Gasteiger partial charge in [0.15, 0.2) is 0 Å². The molecule has 3 heteroatoms. The summed E-state index contributed by atoms with van der Waals surface area (Å²) in [5, 5.41) is 12.2. The standard InChI is InChI=1S/C15H29N3/c1-15(2,13-16)8-4-5-9-18-10-6-14(7-11-18)12-17-3/h14,17H,4-12H2,1-3H3. The van der Waals surface area contributed by atoms with Gasteiger partial charge in [-0.25, -0.2) is 0 Å². The Labute approximate surface area is 113 Å². The van der Waals surface area contributed by atoms with Crippen molar-refractivity contribution < 1.29 is 0 Å². The average Bonchev–Trinajstić information content (AvgIpc) is 2.37. The molecule has 1 aliphatic rings. The largest absolute Gasteiger partial charge is 0.319 e. The van der Waals surface area contributed by atoms with Crippen molar-refractivity contribution in [2.45, 2.75) is 46.0 Å². The normalized spacial score (nSPS) is 18.8. The molecule has 0 radical (unpaired) electrons. The van der Waals surface area contributed by atoms with E-state index in [-0.39, 0.29) is 5.41 Å². The third-order valence-corrected chi connectivity index (χ3v) is 4.03. The molecule has 0 unspecified atom stereocenters. The second kappa shape index (κ2) is 7.76. The number of unbranched alkanes of at least 4 members (excludes halogenated alkanes) is 1. The van der Waals surface area contributed by atoms with Crippen molar-refractivity contribution in [3.63, 3.8) is 0 Å². The molecule has 0 aromatic carbocycles. The highest BCUT2D eigenvalue weighted by molar-refractivity contribution is 4.91. The maximum atomic E-state index is 8.96. The van der Waals surface area contributed by atoms with Gasteiger partial charge in [0.05, 0.1) is 11.5 Å². The van der Waals surface area contributed by atoms with Crippen LogP contribution in [0.3, 0.4) is 0 Å². The van der Waals surface area contributed by atoms with Gasteiger partial charge in [0, 0.05) is 0 Å². The van der Waals surface area contributed by atoms with Crippen LogP contribution in [0.25, 0.3) is 0 Å². The Hall–Kier alpha value is -0.590. The SMILES string of the molecule is CNCC1CCN(CCCCC(C)(C)C#N)CC1. The molecule has 3 nitrogen and oxygen atoms in total. The number of rotatable bonds is 7. The Bertz CT molecular complexity index is 259. The number of likely N-dealkylation sites (tertiary alicyclic amines) is 1. The summed E-state index contributed by atoms with van der Waals surface area (Å²) in [4.78, 5) is 2.59. The highest BCUT2D eigenvalue weighted by atomic mass is 15.1. The Balaban J connectivity index is 2.06. The van der Waals surface area contributed by atoms with Gasteiger partial charge in [-0.05, 0) is 78.7 Å². The van der Waals surface area contributed by atoms with Crippen molar-refractivity contribution in [3.8, 4) is 6.07 Å². The minimum absolute atomic E-state index is 0.139. The van der Waals surface area contributed by atoms with Crippen molar-refractivity contribution >= 4 is 0 Å². The van der Waals surface area contributed by atoms with Gasteiger partial charge in [0.25, 0.3) is 0 Å². The molecule has 0 aromatic rings. The molecule has 0 aliphatic carbocycles. The van der Waals surface area contributed by atoms with E-state index in [2.05, 4.69) is 16.3 Å². The first-order valence-corrected chi connectivity index (χ1v) is 7.35. The van der Waals surface area contributed by atoms with Crippen molar-refractivity contribution in [2.24, 2.45) is 11.3 Å².